The minimum Gasteiger partial charge on any atom is -0.494 e. The molecule has 0 radical (unpaired) electrons. The molecule has 0 N–H and O–H groups in total. The summed E-state index contributed by atoms with van der Waals surface area (Å²) in [6, 6.07) is 8.56. The predicted octanol–water partition coefficient (Wildman–Crippen LogP) is 5.37. The maximum atomic E-state index is 5.91. The van der Waals surface area contributed by atoms with Gasteiger partial charge in [0.05, 0.1) is 6.61 Å². The van der Waals surface area contributed by atoms with Crippen molar-refractivity contribution in [1.82, 2.24) is 4.90 Å². The average molecular weight is 320 g/mol. The molecule has 0 aliphatic carbocycles. The Morgan fingerprint density at radius 3 is 1.87 bits per heavy atom. The van der Waals surface area contributed by atoms with Crippen molar-refractivity contribution in [2.24, 2.45) is 11.8 Å². The van der Waals surface area contributed by atoms with Gasteiger partial charge in [0.1, 0.15) is 5.75 Å². The van der Waals surface area contributed by atoms with Gasteiger partial charge in [0.25, 0.3) is 0 Å². The number of hydrogen-bond donors (Lipinski definition) is 0. The lowest BCUT2D eigenvalue weighted by atomic mass is 9.87. The molecule has 0 aliphatic heterocycles. The van der Waals surface area contributed by atoms with E-state index >= 15 is 0 Å². The first-order valence-electron chi connectivity index (χ1n) is 9.14. The van der Waals surface area contributed by atoms with Crippen LogP contribution in [0.5, 0.6) is 5.75 Å². The SMILES string of the molecule is CC(C)CN(CCCOc1ccc(C(C)(C)C)cc1)CC(C)C. The van der Waals surface area contributed by atoms with Crippen LogP contribution < -0.4 is 4.74 Å². The Balaban J connectivity index is 2.37. The summed E-state index contributed by atoms with van der Waals surface area (Å²) >= 11 is 0. The van der Waals surface area contributed by atoms with E-state index in [1.165, 1.54) is 18.7 Å². The molecule has 0 unspecified atom stereocenters. The van der Waals surface area contributed by atoms with Gasteiger partial charge in [-0.1, -0.05) is 60.6 Å². The van der Waals surface area contributed by atoms with Crippen LogP contribution in [-0.2, 0) is 5.41 Å². The highest BCUT2D eigenvalue weighted by molar-refractivity contribution is 5.31. The number of ether oxygens (including phenoxy) is 1. The zero-order valence-corrected chi connectivity index (χ0v) is 16.4. The van der Waals surface area contributed by atoms with Crippen molar-refractivity contribution >= 4 is 0 Å². The summed E-state index contributed by atoms with van der Waals surface area (Å²) < 4.78 is 5.91. The standard InChI is InChI=1S/C21H37NO/c1-17(2)15-22(16-18(3)4)13-8-14-23-20-11-9-19(10-12-20)21(5,6)7/h9-12,17-18H,8,13-16H2,1-7H3. The fourth-order valence-electron chi connectivity index (χ4n) is 2.82. The number of hydrogen-bond acceptors (Lipinski definition) is 2. The van der Waals surface area contributed by atoms with Crippen LogP contribution in [0.3, 0.4) is 0 Å². The second-order valence-electron chi connectivity index (χ2n) is 8.52. The van der Waals surface area contributed by atoms with Crippen LogP contribution >= 0.6 is 0 Å². The average Bonchev–Trinajstić information content (AvgIpc) is 2.41. The van der Waals surface area contributed by atoms with Crippen molar-refractivity contribution in [3.05, 3.63) is 29.8 Å². The smallest absolute Gasteiger partial charge is 0.119 e. The maximum absolute atomic E-state index is 5.91. The molecule has 0 fully saturated rings. The van der Waals surface area contributed by atoms with E-state index in [0.717, 1.165) is 37.2 Å². The van der Waals surface area contributed by atoms with Gasteiger partial charge in [0, 0.05) is 19.6 Å². The Bertz CT molecular complexity index is 418. The number of nitrogens with zero attached hydrogens (tertiary/aromatic N) is 1. The molecule has 1 aromatic rings. The van der Waals surface area contributed by atoms with Gasteiger partial charge in [-0.2, -0.15) is 0 Å². The zero-order chi connectivity index (χ0) is 17.5. The van der Waals surface area contributed by atoms with Gasteiger partial charge in [-0.15, -0.1) is 0 Å². The molecule has 0 amide bonds. The second kappa shape index (κ2) is 9.32. The minimum absolute atomic E-state index is 0.201. The minimum atomic E-state index is 0.201. The van der Waals surface area contributed by atoms with Crippen LogP contribution in [0.15, 0.2) is 24.3 Å². The summed E-state index contributed by atoms with van der Waals surface area (Å²) in [6.45, 7) is 20.2. The molecule has 1 aromatic carbocycles. The molecule has 2 heteroatoms. The van der Waals surface area contributed by atoms with Crippen LogP contribution in [-0.4, -0.2) is 31.1 Å². The Morgan fingerprint density at radius 2 is 1.43 bits per heavy atom. The van der Waals surface area contributed by atoms with Crippen molar-refractivity contribution in [2.45, 2.75) is 60.3 Å². The summed E-state index contributed by atoms with van der Waals surface area (Å²) in [4.78, 5) is 2.57. The van der Waals surface area contributed by atoms with Crippen LogP contribution in [0.4, 0.5) is 0 Å². The fraction of sp³-hybridized carbons (Fsp3) is 0.714. The van der Waals surface area contributed by atoms with E-state index in [1.54, 1.807) is 0 Å². The lowest BCUT2D eigenvalue weighted by Crippen LogP contribution is -2.33. The molecule has 0 saturated carbocycles. The third-order valence-corrected chi connectivity index (χ3v) is 3.85. The highest BCUT2D eigenvalue weighted by atomic mass is 16.5. The molecular formula is C21H37NO. The van der Waals surface area contributed by atoms with Crippen molar-refractivity contribution in [2.75, 3.05) is 26.2 Å². The first kappa shape index (κ1) is 20.0. The third kappa shape index (κ3) is 8.41. The summed E-state index contributed by atoms with van der Waals surface area (Å²) in [6.07, 6.45) is 1.08. The number of rotatable bonds is 9. The molecule has 23 heavy (non-hydrogen) atoms. The van der Waals surface area contributed by atoms with Crippen molar-refractivity contribution < 1.29 is 4.74 Å². The summed E-state index contributed by atoms with van der Waals surface area (Å²) in [7, 11) is 0. The highest BCUT2D eigenvalue weighted by Gasteiger charge is 2.13. The second-order valence-corrected chi connectivity index (χ2v) is 8.52. The van der Waals surface area contributed by atoms with Crippen molar-refractivity contribution in [3.8, 4) is 5.75 Å². The van der Waals surface area contributed by atoms with Crippen LogP contribution in [0.25, 0.3) is 0 Å². The van der Waals surface area contributed by atoms with Gasteiger partial charge in [0.15, 0.2) is 0 Å². The van der Waals surface area contributed by atoms with Crippen LogP contribution in [0, 0.1) is 11.8 Å². The van der Waals surface area contributed by atoms with Gasteiger partial charge < -0.3 is 9.64 Å². The first-order chi connectivity index (χ1) is 10.7. The van der Waals surface area contributed by atoms with Gasteiger partial charge in [-0.05, 0) is 41.4 Å². The van der Waals surface area contributed by atoms with Crippen molar-refractivity contribution in [3.63, 3.8) is 0 Å². The van der Waals surface area contributed by atoms with E-state index in [9.17, 15) is 0 Å². The molecule has 0 spiro atoms. The molecule has 0 saturated heterocycles. The fourth-order valence-corrected chi connectivity index (χ4v) is 2.82. The summed E-state index contributed by atoms with van der Waals surface area (Å²) in [5, 5.41) is 0. The van der Waals surface area contributed by atoms with E-state index in [0.29, 0.717) is 0 Å². The van der Waals surface area contributed by atoms with Gasteiger partial charge >= 0.3 is 0 Å². The number of benzene rings is 1. The van der Waals surface area contributed by atoms with E-state index in [4.69, 9.17) is 4.74 Å². The highest BCUT2D eigenvalue weighted by Crippen LogP contribution is 2.24. The van der Waals surface area contributed by atoms with Crippen LogP contribution in [0.1, 0.15) is 60.5 Å². The predicted molar refractivity (Wildman–Crippen MR) is 101 cm³/mol. The Hall–Kier alpha value is -1.02. The lowest BCUT2D eigenvalue weighted by Gasteiger charge is -2.26. The normalized spacial score (nSPS) is 12.4. The van der Waals surface area contributed by atoms with E-state index in [1.807, 2.05) is 0 Å². The van der Waals surface area contributed by atoms with Gasteiger partial charge in [-0.3, -0.25) is 0 Å². The monoisotopic (exact) mass is 319 g/mol. The zero-order valence-electron chi connectivity index (χ0n) is 16.4. The molecular weight excluding hydrogens is 282 g/mol. The van der Waals surface area contributed by atoms with E-state index in [-0.39, 0.29) is 5.41 Å². The molecule has 0 aliphatic rings. The first-order valence-corrected chi connectivity index (χ1v) is 9.14. The largest absolute Gasteiger partial charge is 0.494 e. The molecule has 0 heterocycles. The van der Waals surface area contributed by atoms with E-state index in [2.05, 4.69) is 77.6 Å². The third-order valence-electron chi connectivity index (χ3n) is 3.85. The van der Waals surface area contributed by atoms with Gasteiger partial charge in [-0.25, -0.2) is 0 Å². The molecule has 1 rings (SSSR count). The quantitative estimate of drug-likeness (QED) is 0.568. The summed E-state index contributed by atoms with van der Waals surface area (Å²) in [5.41, 5.74) is 1.55. The van der Waals surface area contributed by atoms with E-state index < -0.39 is 0 Å². The van der Waals surface area contributed by atoms with Crippen molar-refractivity contribution in [1.29, 1.82) is 0 Å². The lowest BCUT2D eigenvalue weighted by molar-refractivity contribution is 0.198. The molecule has 0 bridgehead atoms. The summed E-state index contributed by atoms with van der Waals surface area (Å²) in [5.74, 6) is 2.43. The maximum Gasteiger partial charge on any atom is 0.119 e. The molecule has 0 aromatic heterocycles. The molecule has 0 atom stereocenters. The topological polar surface area (TPSA) is 12.5 Å². The van der Waals surface area contributed by atoms with Crippen LogP contribution in [0.2, 0.25) is 0 Å². The molecule has 132 valence electrons. The Kier molecular flexibility index (Phi) is 8.11. The van der Waals surface area contributed by atoms with Gasteiger partial charge in [0.2, 0.25) is 0 Å². The Morgan fingerprint density at radius 1 is 0.913 bits per heavy atom. The molecule has 2 nitrogen and oxygen atoms in total. The Labute approximate surface area is 144 Å².